The lowest BCUT2D eigenvalue weighted by atomic mass is 9.97. The van der Waals surface area contributed by atoms with Crippen molar-refractivity contribution >= 4 is 21.0 Å². The molecule has 0 spiro atoms. The number of nitrogens with one attached hydrogen (secondary N) is 1. The quantitative estimate of drug-likeness (QED) is 0.374. The number of alkyl halides is 2. The number of hydrogen-bond donors (Lipinski definition) is 1. The molecule has 1 atom stereocenters. The van der Waals surface area contributed by atoms with E-state index in [1.807, 2.05) is 4.72 Å². The van der Waals surface area contributed by atoms with Gasteiger partial charge in [0.15, 0.2) is 11.4 Å². The molecule has 0 unspecified atom stereocenters. The molecule has 0 saturated heterocycles. The summed E-state index contributed by atoms with van der Waals surface area (Å²) in [5, 5.41) is 3.68. The van der Waals surface area contributed by atoms with E-state index in [1.165, 1.54) is 19.2 Å². The van der Waals surface area contributed by atoms with Crippen molar-refractivity contribution in [3.63, 3.8) is 0 Å². The molecule has 0 aliphatic carbocycles. The molecular weight excluding hydrogens is 527 g/mol. The van der Waals surface area contributed by atoms with Crippen molar-refractivity contribution in [1.82, 2.24) is 19.0 Å². The summed E-state index contributed by atoms with van der Waals surface area (Å²) in [6.07, 6.45) is 1.47. The highest BCUT2D eigenvalue weighted by Gasteiger charge is 2.52. The molecule has 5 rings (SSSR count). The molecule has 1 aliphatic rings. The van der Waals surface area contributed by atoms with Gasteiger partial charge in [-0.15, -0.1) is 0 Å². The first-order valence-corrected chi connectivity index (χ1v) is 12.4. The van der Waals surface area contributed by atoms with Gasteiger partial charge in [0, 0.05) is 31.0 Å². The fourth-order valence-corrected chi connectivity index (χ4v) is 5.18. The minimum atomic E-state index is -4.01. The summed E-state index contributed by atoms with van der Waals surface area (Å²) >= 11 is 0. The summed E-state index contributed by atoms with van der Waals surface area (Å²) in [5.74, 6) is -7.79. The molecule has 0 radical (unpaired) electrons. The van der Waals surface area contributed by atoms with E-state index in [0.717, 1.165) is 6.20 Å². The Morgan fingerprint density at radius 3 is 2.46 bits per heavy atom. The molecule has 2 aromatic carbocycles. The number of imidazole rings is 1. The van der Waals surface area contributed by atoms with Crippen LogP contribution in [0.2, 0.25) is 0 Å². The van der Waals surface area contributed by atoms with Crippen LogP contribution in [0.4, 0.5) is 22.0 Å². The van der Waals surface area contributed by atoms with Crippen molar-refractivity contribution in [3.8, 4) is 16.9 Å². The summed E-state index contributed by atoms with van der Waals surface area (Å²) in [6.45, 7) is -0.687. The highest BCUT2D eigenvalue weighted by molar-refractivity contribution is 7.88. The first-order valence-electron chi connectivity index (χ1n) is 10.6. The molecule has 0 fully saturated rings. The third kappa shape index (κ3) is 4.12. The zero-order valence-electron chi connectivity index (χ0n) is 19.1. The van der Waals surface area contributed by atoms with Crippen LogP contribution in [0.1, 0.15) is 11.3 Å². The Balaban J connectivity index is 1.73. The topological polar surface area (TPSA) is 108 Å². The van der Waals surface area contributed by atoms with Gasteiger partial charge in [0.05, 0.1) is 30.4 Å². The largest absolute Gasteiger partial charge is 0.380 e. The maximum absolute atomic E-state index is 15.0. The molecule has 3 heterocycles. The van der Waals surface area contributed by atoms with E-state index in [4.69, 9.17) is 9.26 Å². The number of hydrogen-bond acceptors (Lipinski definition) is 6. The monoisotopic (exact) mass is 544 g/mol. The lowest BCUT2D eigenvalue weighted by molar-refractivity contribution is -0.0248. The van der Waals surface area contributed by atoms with Crippen LogP contribution in [0.3, 0.4) is 0 Å². The Bertz CT molecular complexity index is 1700. The standard InChI is InChI=1S/C22H17F5N4O5S/c1-35-9-10-3-12(18-13(24)5-11(23)6-14(18)25)19-15(4-10)36-28-20(19)31-8-17-22(26,27)16(29-37(2,33)34)7-30(17)21(31)32/h3-6,8,16,29H,7,9H2,1-2H3/t16-/m1/s1. The molecule has 0 bridgehead atoms. The Hall–Kier alpha value is -3.56. The molecule has 1 aliphatic heterocycles. The van der Waals surface area contributed by atoms with Crippen LogP contribution in [0.15, 0.2) is 39.8 Å². The number of methoxy groups -OCH3 is 1. The van der Waals surface area contributed by atoms with Crippen LogP contribution in [0.5, 0.6) is 0 Å². The third-order valence-corrected chi connectivity index (χ3v) is 6.62. The molecule has 37 heavy (non-hydrogen) atoms. The summed E-state index contributed by atoms with van der Waals surface area (Å²) in [7, 11) is -2.64. The molecule has 196 valence electrons. The van der Waals surface area contributed by atoms with E-state index >= 15 is 8.78 Å². The van der Waals surface area contributed by atoms with Gasteiger partial charge < -0.3 is 9.26 Å². The second kappa shape index (κ2) is 8.49. The second-order valence-corrected chi connectivity index (χ2v) is 10.3. The number of halogens is 5. The van der Waals surface area contributed by atoms with E-state index in [2.05, 4.69) is 5.16 Å². The number of rotatable bonds is 6. The Morgan fingerprint density at radius 1 is 1.19 bits per heavy atom. The van der Waals surface area contributed by atoms with E-state index in [0.29, 0.717) is 33.1 Å². The Labute approximate surface area is 205 Å². The minimum Gasteiger partial charge on any atom is -0.380 e. The molecule has 15 heteroatoms. The summed E-state index contributed by atoms with van der Waals surface area (Å²) in [5.41, 5.74) is -2.32. The number of aromatic nitrogens is 3. The van der Waals surface area contributed by atoms with Gasteiger partial charge in [0.25, 0.3) is 0 Å². The third-order valence-electron chi connectivity index (χ3n) is 5.91. The van der Waals surface area contributed by atoms with Gasteiger partial charge in [-0.3, -0.25) is 4.57 Å². The number of fused-ring (bicyclic) bond motifs is 2. The zero-order valence-corrected chi connectivity index (χ0v) is 19.9. The highest BCUT2D eigenvalue weighted by Crippen LogP contribution is 2.40. The number of nitrogens with zero attached hydrogens (tertiary/aromatic N) is 3. The molecule has 0 saturated carbocycles. The lowest BCUT2D eigenvalue weighted by Crippen LogP contribution is -2.44. The molecule has 0 amide bonds. The van der Waals surface area contributed by atoms with Crippen molar-refractivity contribution in [3.05, 3.63) is 69.7 Å². The molecule has 1 N–H and O–H groups in total. The van der Waals surface area contributed by atoms with Crippen LogP contribution >= 0.6 is 0 Å². The van der Waals surface area contributed by atoms with Gasteiger partial charge in [-0.2, -0.15) is 8.78 Å². The molecule has 9 nitrogen and oxygen atoms in total. The van der Waals surface area contributed by atoms with Crippen molar-refractivity contribution in [2.24, 2.45) is 0 Å². The first-order chi connectivity index (χ1) is 17.3. The Kier molecular flexibility index (Phi) is 5.76. The molecular formula is C22H17F5N4O5S. The Morgan fingerprint density at radius 2 is 1.86 bits per heavy atom. The van der Waals surface area contributed by atoms with Crippen LogP contribution in [-0.4, -0.2) is 42.1 Å². The van der Waals surface area contributed by atoms with Gasteiger partial charge in [0.2, 0.25) is 10.0 Å². The molecule has 2 aromatic heterocycles. The predicted molar refractivity (Wildman–Crippen MR) is 119 cm³/mol. The summed E-state index contributed by atoms with van der Waals surface area (Å²) < 4.78 is 110. The number of ether oxygens (including phenoxy) is 1. The smallest absolute Gasteiger partial charge is 0.334 e. The van der Waals surface area contributed by atoms with E-state index in [9.17, 15) is 26.4 Å². The zero-order chi connectivity index (χ0) is 26.9. The average molecular weight is 544 g/mol. The van der Waals surface area contributed by atoms with E-state index in [-0.39, 0.29) is 29.0 Å². The summed E-state index contributed by atoms with van der Waals surface area (Å²) in [4.78, 5) is 13.1. The fraction of sp³-hybridized carbons (Fsp3) is 0.273. The second-order valence-electron chi connectivity index (χ2n) is 8.54. The van der Waals surface area contributed by atoms with Gasteiger partial charge in [-0.1, -0.05) is 5.16 Å². The van der Waals surface area contributed by atoms with Crippen molar-refractivity contribution in [1.29, 1.82) is 0 Å². The first kappa shape index (κ1) is 25.1. The predicted octanol–water partition coefficient (Wildman–Crippen LogP) is 3.03. The number of benzene rings is 2. The average Bonchev–Trinajstić information content (AvgIpc) is 3.40. The van der Waals surface area contributed by atoms with Gasteiger partial charge >= 0.3 is 11.6 Å². The normalized spacial score (nSPS) is 17.0. The van der Waals surface area contributed by atoms with Gasteiger partial charge in [-0.05, 0) is 17.7 Å². The van der Waals surface area contributed by atoms with Crippen molar-refractivity contribution in [2.75, 3.05) is 13.4 Å². The SMILES string of the molecule is COCc1cc(-c2c(F)cc(F)cc2F)c2c(-n3cc4n(c3=O)C[C@@H](NS(C)(=O)=O)C4(F)F)noc2c1. The van der Waals surface area contributed by atoms with Crippen molar-refractivity contribution in [2.45, 2.75) is 25.1 Å². The van der Waals surface area contributed by atoms with Crippen LogP contribution in [0.25, 0.3) is 27.9 Å². The maximum atomic E-state index is 15.0. The van der Waals surface area contributed by atoms with Crippen LogP contribution in [0, 0.1) is 17.5 Å². The van der Waals surface area contributed by atoms with Gasteiger partial charge in [0.1, 0.15) is 29.2 Å². The minimum absolute atomic E-state index is 0.00910. The van der Waals surface area contributed by atoms with E-state index in [1.54, 1.807) is 0 Å². The highest BCUT2D eigenvalue weighted by atomic mass is 32.2. The maximum Gasteiger partial charge on any atom is 0.334 e. The van der Waals surface area contributed by atoms with Crippen molar-refractivity contribution < 1.29 is 39.6 Å². The van der Waals surface area contributed by atoms with E-state index < -0.39 is 62.9 Å². The fourth-order valence-electron chi connectivity index (χ4n) is 4.44. The number of sulfonamides is 1. The van der Waals surface area contributed by atoms with Crippen LogP contribution in [-0.2, 0) is 33.8 Å². The summed E-state index contributed by atoms with van der Waals surface area (Å²) in [6, 6.07) is 1.78. The lowest BCUT2D eigenvalue weighted by Gasteiger charge is -2.18. The van der Waals surface area contributed by atoms with Gasteiger partial charge in [-0.25, -0.2) is 35.7 Å². The molecule has 4 aromatic rings. The van der Waals surface area contributed by atoms with Crippen LogP contribution < -0.4 is 10.4 Å².